The lowest BCUT2D eigenvalue weighted by Crippen LogP contribution is -2.59. The number of carbonyl (C=O) groups is 1. The number of aromatic amines is 1. The Morgan fingerprint density at radius 3 is 2.82 bits per heavy atom. The summed E-state index contributed by atoms with van der Waals surface area (Å²) in [6.07, 6.45) is 4.32. The summed E-state index contributed by atoms with van der Waals surface area (Å²) in [6, 6.07) is 2.00. The third kappa shape index (κ3) is 3.98. The van der Waals surface area contributed by atoms with Crippen LogP contribution in [0.2, 0.25) is 0 Å². The predicted octanol–water partition coefficient (Wildman–Crippen LogP) is 3.41. The first kappa shape index (κ1) is 21.2. The molecule has 0 atom stereocenters. The van der Waals surface area contributed by atoms with Gasteiger partial charge in [-0.05, 0) is 32.8 Å². The van der Waals surface area contributed by atoms with Gasteiger partial charge in [0.2, 0.25) is 11.9 Å². The third-order valence-electron chi connectivity index (χ3n) is 6.06. The van der Waals surface area contributed by atoms with E-state index in [1.807, 2.05) is 19.2 Å². The lowest BCUT2D eigenvalue weighted by molar-refractivity contribution is -0.121. The topological polar surface area (TPSA) is 113 Å². The number of rotatable bonds is 6. The minimum Gasteiger partial charge on any atom is -0.351 e. The number of aromatic nitrogens is 6. The van der Waals surface area contributed by atoms with Crippen molar-refractivity contribution in [2.24, 2.45) is 0 Å². The zero-order valence-electron chi connectivity index (χ0n) is 18.5. The van der Waals surface area contributed by atoms with Gasteiger partial charge < -0.3 is 20.2 Å². The summed E-state index contributed by atoms with van der Waals surface area (Å²) >= 11 is 0. The van der Waals surface area contributed by atoms with Gasteiger partial charge in [-0.15, -0.1) is 0 Å². The molecule has 0 saturated heterocycles. The zero-order chi connectivity index (χ0) is 23.3. The summed E-state index contributed by atoms with van der Waals surface area (Å²) in [4.78, 5) is 32.2. The largest absolute Gasteiger partial charge is 0.351 e. The number of anilines is 1. The first-order valence-electron chi connectivity index (χ1n) is 10.7. The van der Waals surface area contributed by atoms with Crippen molar-refractivity contribution in [3.05, 3.63) is 30.5 Å². The zero-order valence-corrected chi connectivity index (χ0v) is 18.5. The van der Waals surface area contributed by atoms with E-state index in [0.717, 1.165) is 29.4 Å². The van der Waals surface area contributed by atoms with Crippen molar-refractivity contribution >= 4 is 34.1 Å². The minimum absolute atomic E-state index is 0.0346. The van der Waals surface area contributed by atoms with Crippen molar-refractivity contribution < 1.29 is 13.6 Å². The van der Waals surface area contributed by atoms with Crippen molar-refractivity contribution in [2.75, 3.05) is 5.32 Å². The Morgan fingerprint density at radius 1 is 1.30 bits per heavy atom. The van der Waals surface area contributed by atoms with Crippen LogP contribution in [0.25, 0.3) is 33.3 Å². The molecule has 11 heteroatoms. The van der Waals surface area contributed by atoms with Gasteiger partial charge in [-0.1, -0.05) is 0 Å². The summed E-state index contributed by atoms with van der Waals surface area (Å²) in [7, 11) is 0. The van der Waals surface area contributed by atoms with Gasteiger partial charge in [-0.3, -0.25) is 4.79 Å². The van der Waals surface area contributed by atoms with Crippen molar-refractivity contribution in [3.63, 3.8) is 0 Å². The normalized spacial score (nSPS) is 20.4. The van der Waals surface area contributed by atoms with Crippen LogP contribution in [-0.4, -0.2) is 53.4 Å². The van der Waals surface area contributed by atoms with Crippen LogP contribution in [0.3, 0.4) is 0 Å². The molecule has 33 heavy (non-hydrogen) atoms. The van der Waals surface area contributed by atoms with Crippen LogP contribution in [0.4, 0.5) is 14.7 Å². The van der Waals surface area contributed by atoms with E-state index < -0.39 is 13.0 Å². The number of imidazole rings is 1. The Kier molecular flexibility index (Phi) is 4.98. The second-order valence-corrected chi connectivity index (χ2v) is 8.88. The van der Waals surface area contributed by atoms with E-state index >= 15 is 0 Å². The quantitative estimate of drug-likeness (QED) is 0.412. The van der Waals surface area contributed by atoms with Gasteiger partial charge in [0, 0.05) is 53.6 Å². The van der Waals surface area contributed by atoms with Gasteiger partial charge in [0.15, 0.2) is 5.65 Å². The van der Waals surface area contributed by atoms with E-state index in [9.17, 15) is 13.6 Å². The lowest BCUT2D eigenvalue weighted by Gasteiger charge is -2.45. The molecular formula is C22H24F2N8O. The molecule has 4 aromatic rings. The average Bonchev–Trinajstić information content (AvgIpc) is 3.26. The number of H-pyrrole nitrogens is 1. The van der Waals surface area contributed by atoms with Crippen LogP contribution in [0.1, 0.15) is 32.5 Å². The van der Waals surface area contributed by atoms with Crippen LogP contribution >= 0.6 is 0 Å². The molecule has 5 rings (SSSR count). The first-order chi connectivity index (χ1) is 15.7. The number of nitrogens with zero attached hydrogens (tertiary/aromatic N) is 5. The highest BCUT2D eigenvalue weighted by Gasteiger charge is 2.41. The smallest absolute Gasteiger partial charge is 0.256 e. The van der Waals surface area contributed by atoms with Crippen LogP contribution in [0.5, 0.6) is 0 Å². The Morgan fingerprint density at radius 2 is 2.09 bits per heavy atom. The van der Waals surface area contributed by atoms with Gasteiger partial charge in [-0.2, -0.15) is 4.98 Å². The number of pyridine rings is 1. The van der Waals surface area contributed by atoms with Gasteiger partial charge >= 0.3 is 0 Å². The molecule has 1 aliphatic rings. The summed E-state index contributed by atoms with van der Waals surface area (Å²) in [5.41, 5.74) is 3.04. The SMILES string of the molecule is CC(=O)NC1(C)CC(Nc2ncc3c(-c4cnc5nc(C)n(CC(F)F)c5c4)c[nH]c3n2)C1. The third-order valence-corrected chi connectivity index (χ3v) is 6.06. The monoisotopic (exact) mass is 454 g/mol. The van der Waals surface area contributed by atoms with Crippen molar-refractivity contribution in [2.45, 2.75) is 58.2 Å². The summed E-state index contributed by atoms with van der Waals surface area (Å²) in [5.74, 6) is 0.969. The molecule has 0 aliphatic heterocycles. The van der Waals surface area contributed by atoms with Crippen molar-refractivity contribution in [1.82, 2.24) is 34.8 Å². The summed E-state index contributed by atoms with van der Waals surface area (Å²) in [5, 5.41) is 7.08. The molecule has 0 unspecified atom stereocenters. The molecule has 1 saturated carbocycles. The average molecular weight is 454 g/mol. The van der Waals surface area contributed by atoms with E-state index in [1.165, 1.54) is 11.5 Å². The Hall–Kier alpha value is -3.63. The molecule has 0 bridgehead atoms. The maximum absolute atomic E-state index is 13.0. The second-order valence-electron chi connectivity index (χ2n) is 8.88. The maximum Gasteiger partial charge on any atom is 0.256 e. The standard InChI is InChI=1S/C22H24F2N8O/c1-11-28-20-17(32(11)10-18(23)24)4-13(7-25-20)15-8-26-19-16(15)9-27-21(30-19)29-14-5-22(3,6-14)31-12(2)33/h4,7-9,14,18H,5-6,10H2,1-3H3,(H,31,33)(H2,26,27,29,30). The number of halogens is 2. The molecule has 0 aromatic carbocycles. The van der Waals surface area contributed by atoms with Gasteiger partial charge in [0.05, 0.1) is 12.1 Å². The molecule has 1 amide bonds. The number of alkyl halides is 2. The molecule has 4 heterocycles. The van der Waals surface area contributed by atoms with E-state index in [0.29, 0.717) is 28.6 Å². The predicted molar refractivity (Wildman–Crippen MR) is 120 cm³/mol. The number of nitrogens with one attached hydrogen (secondary N) is 3. The highest BCUT2D eigenvalue weighted by atomic mass is 19.3. The molecule has 0 radical (unpaired) electrons. The van der Waals surface area contributed by atoms with Gasteiger partial charge in [-0.25, -0.2) is 23.7 Å². The molecule has 0 spiro atoms. The van der Waals surface area contributed by atoms with Gasteiger partial charge in [0.25, 0.3) is 6.43 Å². The minimum atomic E-state index is -2.48. The molecule has 1 fully saturated rings. The van der Waals surface area contributed by atoms with Gasteiger partial charge in [0.1, 0.15) is 11.5 Å². The molecule has 1 aliphatic carbocycles. The fourth-order valence-electron chi connectivity index (χ4n) is 4.69. The Balaban J connectivity index is 1.39. The number of hydrogen-bond donors (Lipinski definition) is 3. The van der Waals surface area contributed by atoms with Crippen molar-refractivity contribution in [3.8, 4) is 11.1 Å². The summed E-state index contributed by atoms with van der Waals surface area (Å²) in [6.45, 7) is 4.81. The fourth-order valence-corrected chi connectivity index (χ4v) is 4.69. The first-order valence-corrected chi connectivity index (χ1v) is 10.7. The number of hydrogen-bond acceptors (Lipinski definition) is 6. The number of fused-ring (bicyclic) bond motifs is 2. The van der Waals surface area contributed by atoms with Crippen LogP contribution in [0, 0.1) is 6.92 Å². The Bertz CT molecular complexity index is 1360. The van der Waals surface area contributed by atoms with E-state index in [-0.39, 0.29) is 17.5 Å². The molecular weight excluding hydrogens is 430 g/mol. The van der Waals surface area contributed by atoms with E-state index in [1.54, 1.807) is 19.3 Å². The molecule has 4 aromatic heterocycles. The highest BCUT2D eigenvalue weighted by Crippen LogP contribution is 2.34. The molecule has 3 N–H and O–H groups in total. The van der Waals surface area contributed by atoms with E-state index in [4.69, 9.17) is 0 Å². The second kappa shape index (κ2) is 7.75. The number of aryl methyl sites for hydroxylation is 1. The number of amides is 1. The fraction of sp³-hybridized carbons (Fsp3) is 0.409. The number of carbonyl (C=O) groups excluding carboxylic acids is 1. The lowest BCUT2D eigenvalue weighted by atomic mass is 9.74. The van der Waals surface area contributed by atoms with Crippen LogP contribution in [0.15, 0.2) is 24.7 Å². The van der Waals surface area contributed by atoms with E-state index in [2.05, 4.69) is 35.6 Å². The maximum atomic E-state index is 13.0. The van der Waals surface area contributed by atoms with Crippen molar-refractivity contribution in [1.29, 1.82) is 0 Å². The Labute approximate surface area is 188 Å². The van der Waals surface area contributed by atoms with Crippen LogP contribution < -0.4 is 10.6 Å². The van der Waals surface area contributed by atoms with Crippen LogP contribution in [-0.2, 0) is 11.3 Å². The summed E-state index contributed by atoms with van der Waals surface area (Å²) < 4.78 is 27.5. The molecule has 9 nitrogen and oxygen atoms in total. The molecule has 172 valence electrons. The highest BCUT2D eigenvalue weighted by molar-refractivity contribution is 5.95.